The summed E-state index contributed by atoms with van der Waals surface area (Å²) in [6, 6.07) is 0. The molecular weight excluding hydrogens is 136 g/mol. The van der Waals surface area contributed by atoms with Gasteiger partial charge in [-0.05, 0) is 18.6 Å². The average Bonchev–Trinajstić information content (AvgIpc) is 2.27. The monoisotopic (exact) mass is 150 g/mol. The van der Waals surface area contributed by atoms with Crippen LogP contribution < -0.4 is 5.32 Å². The fourth-order valence-electron chi connectivity index (χ4n) is 1.13. The van der Waals surface area contributed by atoms with E-state index in [9.17, 15) is 0 Å². The van der Waals surface area contributed by atoms with E-state index in [0.717, 1.165) is 18.8 Å². The Bertz CT molecular complexity index is 212. The lowest BCUT2D eigenvalue weighted by Gasteiger charge is -2.02. The molecule has 0 spiro atoms. The van der Waals surface area contributed by atoms with E-state index in [2.05, 4.69) is 28.5 Å². The minimum atomic E-state index is 0.927. The number of allylic oxidation sites excluding steroid dienone is 2. The molecule has 11 heavy (non-hydrogen) atoms. The molecule has 2 nitrogen and oxygen atoms in total. The van der Waals surface area contributed by atoms with Gasteiger partial charge in [0.15, 0.2) is 0 Å². The molecule has 1 aliphatic rings. The first kappa shape index (κ1) is 8.21. The minimum absolute atomic E-state index is 0.927. The van der Waals surface area contributed by atoms with Gasteiger partial charge in [-0.2, -0.15) is 0 Å². The van der Waals surface area contributed by atoms with Gasteiger partial charge in [-0.3, -0.25) is 4.99 Å². The van der Waals surface area contributed by atoms with Crippen molar-refractivity contribution < 1.29 is 0 Å². The van der Waals surface area contributed by atoms with Gasteiger partial charge < -0.3 is 5.32 Å². The molecule has 0 atom stereocenters. The van der Waals surface area contributed by atoms with Crippen LogP contribution in [0, 0.1) is 0 Å². The summed E-state index contributed by atoms with van der Waals surface area (Å²) >= 11 is 0. The van der Waals surface area contributed by atoms with Crippen LogP contribution in [0.1, 0.15) is 6.92 Å². The molecular formula is C9H14N2. The summed E-state index contributed by atoms with van der Waals surface area (Å²) in [5, 5.41) is 3.28. The molecule has 0 radical (unpaired) electrons. The van der Waals surface area contributed by atoms with Crippen LogP contribution in [-0.2, 0) is 0 Å². The normalized spacial score (nSPS) is 26.0. The zero-order chi connectivity index (χ0) is 8.10. The molecule has 1 aliphatic heterocycles. The summed E-state index contributed by atoms with van der Waals surface area (Å²) in [5.74, 6) is 0. The largest absolute Gasteiger partial charge is 0.309 e. The van der Waals surface area contributed by atoms with Crippen molar-refractivity contribution in [2.45, 2.75) is 6.92 Å². The second-order valence-electron chi connectivity index (χ2n) is 2.46. The average molecular weight is 150 g/mol. The predicted molar refractivity (Wildman–Crippen MR) is 49.1 cm³/mol. The van der Waals surface area contributed by atoms with Crippen LogP contribution in [0.4, 0.5) is 0 Å². The lowest BCUT2D eigenvalue weighted by Crippen LogP contribution is -2.17. The van der Waals surface area contributed by atoms with Crippen LogP contribution in [0.2, 0.25) is 0 Å². The number of nitrogens with one attached hydrogen (secondary N) is 1. The maximum absolute atomic E-state index is 4.18. The van der Waals surface area contributed by atoms with E-state index in [0.29, 0.717) is 0 Å². The molecule has 0 aromatic heterocycles. The fraction of sp³-hybridized carbons (Fsp3) is 0.444. The third-order valence-corrected chi connectivity index (χ3v) is 1.77. The number of hydrogen-bond donors (Lipinski definition) is 1. The predicted octanol–water partition coefficient (Wildman–Crippen LogP) is 1.16. The molecule has 0 saturated carbocycles. The van der Waals surface area contributed by atoms with Crippen LogP contribution >= 0.6 is 0 Å². The molecule has 0 aliphatic carbocycles. The standard InChI is InChI=1S/C9H14N2/c1-3-8-7-11-6-4-5-9(8)10-2/h3-5,11H,6-7H2,1-2H3/b8-3-,10-9?. The highest BCUT2D eigenvalue weighted by molar-refractivity contribution is 6.08. The zero-order valence-electron chi connectivity index (χ0n) is 7.09. The molecule has 0 unspecified atom stereocenters. The Morgan fingerprint density at radius 2 is 2.45 bits per heavy atom. The summed E-state index contributed by atoms with van der Waals surface area (Å²) in [6.45, 7) is 3.91. The van der Waals surface area contributed by atoms with Crippen LogP contribution in [0.15, 0.2) is 28.8 Å². The molecule has 0 saturated heterocycles. The third-order valence-electron chi connectivity index (χ3n) is 1.77. The maximum atomic E-state index is 4.18. The highest BCUT2D eigenvalue weighted by Crippen LogP contribution is 2.01. The van der Waals surface area contributed by atoms with Crippen LogP contribution in [-0.4, -0.2) is 25.8 Å². The Labute approximate surface area is 67.7 Å². The number of aliphatic imine (C=N–C) groups is 1. The van der Waals surface area contributed by atoms with Crippen molar-refractivity contribution in [3.8, 4) is 0 Å². The topological polar surface area (TPSA) is 24.4 Å². The van der Waals surface area contributed by atoms with Crippen molar-refractivity contribution >= 4 is 5.71 Å². The number of hydrogen-bond acceptors (Lipinski definition) is 2. The molecule has 0 amide bonds. The van der Waals surface area contributed by atoms with E-state index in [4.69, 9.17) is 0 Å². The van der Waals surface area contributed by atoms with Gasteiger partial charge in [-0.15, -0.1) is 0 Å². The number of nitrogens with zero attached hydrogens (tertiary/aromatic N) is 1. The lowest BCUT2D eigenvalue weighted by molar-refractivity contribution is 0.836. The Kier molecular flexibility index (Phi) is 3.05. The molecule has 0 bridgehead atoms. The maximum Gasteiger partial charge on any atom is 0.0609 e. The molecule has 0 fully saturated rings. The Morgan fingerprint density at radius 3 is 3.09 bits per heavy atom. The first-order chi connectivity index (χ1) is 5.38. The van der Waals surface area contributed by atoms with Gasteiger partial charge in [0, 0.05) is 20.1 Å². The van der Waals surface area contributed by atoms with Crippen molar-refractivity contribution in [2.75, 3.05) is 20.1 Å². The SMILES string of the molecule is C/C=C1/CNCC=CC1=NC. The van der Waals surface area contributed by atoms with Crippen LogP contribution in [0.25, 0.3) is 0 Å². The van der Waals surface area contributed by atoms with Gasteiger partial charge in [-0.25, -0.2) is 0 Å². The highest BCUT2D eigenvalue weighted by atomic mass is 14.9. The highest BCUT2D eigenvalue weighted by Gasteiger charge is 2.03. The minimum Gasteiger partial charge on any atom is -0.309 e. The summed E-state index contributed by atoms with van der Waals surface area (Å²) < 4.78 is 0. The van der Waals surface area contributed by atoms with Crippen LogP contribution in [0.5, 0.6) is 0 Å². The Balaban J connectivity index is 2.85. The van der Waals surface area contributed by atoms with E-state index in [1.807, 2.05) is 14.0 Å². The van der Waals surface area contributed by atoms with Gasteiger partial charge >= 0.3 is 0 Å². The van der Waals surface area contributed by atoms with Crippen molar-refractivity contribution in [3.05, 3.63) is 23.8 Å². The van der Waals surface area contributed by atoms with E-state index >= 15 is 0 Å². The van der Waals surface area contributed by atoms with Crippen molar-refractivity contribution in [1.29, 1.82) is 0 Å². The Hall–Kier alpha value is -0.890. The summed E-state index contributed by atoms with van der Waals surface area (Å²) in [6.07, 6.45) is 6.26. The first-order valence-electron chi connectivity index (χ1n) is 3.88. The van der Waals surface area contributed by atoms with E-state index in [1.54, 1.807) is 0 Å². The smallest absolute Gasteiger partial charge is 0.0609 e. The second-order valence-corrected chi connectivity index (χ2v) is 2.46. The van der Waals surface area contributed by atoms with Gasteiger partial charge in [0.05, 0.1) is 5.71 Å². The lowest BCUT2D eigenvalue weighted by atomic mass is 10.1. The Morgan fingerprint density at radius 1 is 1.64 bits per heavy atom. The summed E-state index contributed by atoms with van der Waals surface area (Å²) in [7, 11) is 1.83. The molecule has 2 heteroatoms. The summed E-state index contributed by atoms with van der Waals surface area (Å²) in [5.41, 5.74) is 2.37. The van der Waals surface area contributed by atoms with Gasteiger partial charge in [0.2, 0.25) is 0 Å². The number of rotatable bonds is 0. The van der Waals surface area contributed by atoms with E-state index < -0.39 is 0 Å². The van der Waals surface area contributed by atoms with Gasteiger partial charge in [0.1, 0.15) is 0 Å². The van der Waals surface area contributed by atoms with Gasteiger partial charge in [-0.1, -0.05) is 12.2 Å². The van der Waals surface area contributed by atoms with E-state index in [1.165, 1.54) is 5.57 Å². The quantitative estimate of drug-likeness (QED) is 0.550. The van der Waals surface area contributed by atoms with Crippen molar-refractivity contribution in [1.82, 2.24) is 5.32 Å². The molecule has 1 heterocycles. The third kappa shape index (κ3) is 2.02. The molecule has 1 N–H and O–H groups in total. The zero-order valence-corrected chi connectivity index (χ0v) is 7.09. The summed E-state index contributed by atoms with van der Waals surface area (Å²) in [4.78, 5) is 4.18. The fourth-order valence-corrected chi connectivity index (χ4v) is 1.13. The van der Waals surface area contributed by atoms with Gasteiger partial charge in [0.25, 0.3) is 0 Å². The molecule has 60 valence electrons. The van der Waals surface area contributed by atoms with E-state index in [-0.39, 0.29) is 0 Å². The van der Waals surface area contributed by atoms with Crippen molar-refractivity contribution in [3.63, 3.8) is 0 Å². The second kappa shape index (κ2) is 4.09. The van der Waals surface area contributed by atoms with Crippen molar-refractivity contribution in [2.24, 2.45) is 4.99 Å². The first-order valence-corrected chi connectivity index (χ1v) is 3.88. The molecule has 1 rings (SSSR count). The van der Waals surface area contributed by atoms with Crippen LogP contribution in [0.3, 0.4) is 0 Å². The molecule has 0 aromatic rings. The molecule has 0 aromatic carbocycles.